The summed E-state index contributed by atoms with van der Waals surface area (Å²) >= 11 is 0. The number of hydrogen-bond donors (Lipinski definition) is 0. The van der Waals surface area contributed by atoms with Gasteiger partial charge in [0.1, 0.15) is 5.75 Å². The van der Waals surface area contributed by atoms with Crippen LogP contribution in [0.3, 0.4) is 0 Å². The van der Waals surface area contributed by atoms with Gasteiger partial charge >= 0.3 is 12.8 Å². The molecule has 10 heteroatoms. The van der Waals surface area contributed by atoms with Gasteiger partial charge in [0.15, 0.2) is 5.69 Å². The number of carbonyl (C=O) groups is 1. The first-order valence-electron chi connectivity index (χ1n) is 9.07. The average Bonchev–Trinajstić information content (AvgIpc) is 3.14. The van der Waals surface area contributed by atoms with E-state index >= 15 is 0 Å². The second-order valence-corrected chi connectivity index (χ2v) is 6.84. The van der Waals surface area contributed by atoms with Crippen LogP contribution in [0.15, 0.2) is 54.7 Å². The highest BCUT2D eigenvalue weighted by Crippen LogP contribution is 2.34. The van der Waals surface area contributed by atoms with Crippen molar-refractivity contribution < 1.29 is 31.5 Å². The second-order valence-electron chi connectivity index (χ2n) is 6.84. The SMILES string of the molecule is Cc1ccc(-n2ncc(C(=O)N(C)Cc3ccc(OC(F)F)cc3)c2C(F)(F)F)cc1. The van der Waals surface area contributed by atoms with Gasteiger partial charge in [-0.2, -0.15) is 27.1 Å². The van der Waals surface area contributed by atoms with E-state index in [9.17, 15) is 26.7 Å². The molecule has 1 aromatic heterocycles. The van der Waals surface area contributed by atoms with Gasteiger partial charge in [0.05, 0.1) is 17.4 Å². The lowest BCUT2D eigenvalue weighted by Gasteiger charge is -2.19. The summed E-state index contributed by atoms with van der Waals surface area (Å²) < 4.78 is 70.8. The Balaban J connectivity index is 1.86. The molecule has 3 aromatic rings. The molecule has 0 aliphatic heterocycles. The molecule has 1 amide bonds. The third-order valence-corrected chi connectivity index (χ3v) is 4.46. The van der Waals surface area contributed by atoms with E-state index in [4.69, 9.17) is 0 Å². The summed E-state index contributed by atoms with van der Waals surface area (Å²) in [4.78, 5) is 13.9. The Bertz CT molecular complexity index is 1040. The predicted octanol–water partition coefficient (Wildman–Crippen LogP) is 5.07. The van der Waals surface area contributed by atoms with Crippen LogP contribution in [0.4, 0.5) is 22.0 Å². The summed E-state index contributed by atoms with van der Waals surface area (Å²) in [5, 5.41) is 3.79. The summed E-state index contributed by atoms with van der Waals surface area (Å²) in [7, 11) is 1.34. The lowest BCUT2D eigenvalue weighted by Crippen LogP contribution is -2.28. The number of ether oxygens (including phenoxy) is 1. The largest absolute Gasteiger partial charge is 0.435 e. The molecule has 3 rings (SSSR count). The molecular weight excluding hydrogens is 421 g/mol. The van der Waals surface area contributed by atoms with Crippen LogP contribution >= 0.6 is 0 Å². The van der Waals surface area contributed by atoms with Crippen molar-refractivity contribution in [3.63, 3.8) is 0 Å². The lowest BCUT2D eigenvalue weighted by atomic mass is 10.1. The zero-order valence-electron chi connectivity index (χ0n) is 16.5. The molecule has 0 N–H and O–H groups in total. The van der Waals surface area contributed by atoms with Crippen molar-refractivity contribution in [1.29, 1.82) is 0 Å². The number of amides is 1. The highest BCUT2D eigenvalue weighted by Gasteiger charge is 2.41. The van der Waals surface area contributed by atoms with E-state index in [0.29, 0.717) is 10.2 Å². The van der Waals surface area contributed by atoms with Crippen LogP contribution in [0.5, 0.6) is 5.75 Å². The standard InChI is InChI=1S/C21H18F5N3O2/c1-13-3-7-15(8-4-13)29-18(21(24,25)26)17(11-27-29)19(30)28(2)12-14-5-9-16(10-6-14)31-20(22)23/h3-11,20H,12H2,1-2H3. The van der Waals surface area contributed by atoms with Crippen LogP contribution in [0.1, 0.15) is 27.2 Å². The molecular formula is C21H18F5N3O2. The normalized spacial score (nSPS) is 11.6. The van der Waals surface area contributed by atoms with Gasteiger partial charge in [-0.25, -0.2) is 4.68 Å². The highest BCUT2D eigenvalue weighted by molar-refractivity contribution is 5.95. The maximum absolute atomic E-state index is 13.8. The fourth-order valence-corrected chi connectivity index (χ4v) is 2.99. The van der Waals surface area contributed by atoms with Crippen molar-refractivity contribution in [2.75, 3.05) is 7.05 Å². The number of halogens is 5. The number of alkyl halides is 5. The van der Waals surface area contributed by atoms with Gasteiger partial charge in [0.25, 0.3) is 5.91 Å². The molecule has 0 aliphatic rings. The molecule has 5 nitrogen and oxygen atoms in total. The molecule has 0 atom stereocenters. The molecule has 31 heavy (non-hydrogen) atoms. The van der Waals surface area contributed by atoms with Crippen molar-refractivity contribution in [2.24, 2.45) is 0 Å². The van der Waals surface area contributed by atoms with E-state index in [2.05, 4.69) is 9.84 Å². The smallest absolute Gasteiger partial charge is 0.434 e. The van der Waals surface area contributed by atoms with E-state index in [1.54, 1.807) is 19.1 Å². The summed E-state index contributed by atoms with van der Waals surface area (Å²) in [6.45, 7) is -1.21. The molecule has 2 aromatic carbocycles. The second kappa shape index (κ2) is 8.75. The van der Waals surface area contributed by atoms with Crippen molar-refractivity contribution in [2.45, 2.75) is 26.3 Å². The molecule has 0 aliphatic carbocycles. The fourth-order valence-electron chi connectivity index (χ4n) is 2.99. The maximum Gasteiger partial charge on any atom is 0.434 e. The molecule has 0 unspecified atom stereocenters. The monoisotopic (exact) mass is 439 g/mol. The Labute approximate surface area is 174 Å². The molecule has 0 saturated carbocycles. The maximum atomic E-state index is 13.8. The predicted molar refractivity (Wildman–Crippen MR) is 102 cm³/mol. The van der Waals surface area contributed by atoms with Gasteiger partial charge in [-0.1, -0.05) is 29.8 Å². The molecule has 0 radical (unpaired) electrons. The molecule has 0 saturated heterocycles. The van der Waals surface area contributed by atoms with Gasteiger partial charge < -0.3 is 9.64 Å². The van der Waals surface area contributed by atoms with Crippen molar-refractivity contribution in [1.82, 2.24) is 14.7 Å². The Morgan fingerprint density at radius 1 is 1.10 bits per heavy atom. The van der Waals surface area contributed by atoms with Gasteiger partial charge in [-0.15, -0.1) is 0 Å². The van der Waals surface area contributed by atoms with Gasteiger partial charge in [0, 0.05) is 13.6 Å². The number of rotatable bonds is 6. The molecule has 0 fully saturated rings. The number of aromatic nitrogens is 2. The van der Waals surface area contributed by atoms with Crippen LogP contribution in [0.25, 0.3) is 5.69 Å². The van der Waals surface area contributed by atoms with E-state index in [-0.39, 0.29) is 18.0 Å². The number of carbonyl (C=O) groups excluding carboxylic acids is 1. The first kappa shape index (κ1) is 22.3. The van der Waals surface area contributed by atoms with Crippen molar-refractivity contribution in [3.05, 3.63) is 77.1 Å². The first-order valence-corrected chi connectivity index (χ1v) is 9.07. The number of nitrogens with zero attached hydrogens (tertiary/aromatic N) is 3. The Morgan fingerprint density at radius 3 is 2.26 bits per heavy atom. The quantitative estimate of drug-likeness (QED) is 0.504. The van der Waals surface area contributed by atoms with Crippen molar-refractivity contribution in [3.8, 4) is 11.4 Å². The zero-order chi connectivity index (χ0) is 22.8. The van der Waals surface area contributed by atoms with Gasteiger partial charge in [-0.05, 0) is 36.8 Å². The summed E-state index contributed by atoms with van der Waals surface area (Å²) in [5.74, 6) is -0.940. The Morgan fingerprint density at radius 2 is 1.71 bits per heavy atom. The zero-order valence-corrected chi connectivity index (χ0v) is 16.5. The summed E-state index contributed by atoms with van der Waals surface area (Å²) in [6.07, 6.45) is -3.93. The summed E-state index contributed by atoms with van der Waals surface area (Å²) in [5.41, 5.74) is -0.196. The highest BCUT2D eigenvalue weighted by atomic mass is 19.4. The van der Waals surface area contributed by atoms with E-state index in [1.807, 2.05) is 0 Å². The molecule has 1 heterocycles. The molecule has 164 valence electrons. The Kier molecular flexibility index (Phi) is 6.28. The lowest BCUT2D eigenvalue weighted by molar-refractivity contribution is -0.143. The Hall–Kier alpha value is -3.43. The fraction of sp³-hybridized carbons (Fsp3) is 0.238. The van der Waals surface area contributed by atoms with Gasteiger partial charge in [-0.3, -0.25) is 4.79 Å². The minimum absolute atomic E-state index is 0.0409. The minimum Gasteiger partial charge on any atom is -0.435 e. The average molecular weight is 439 g/mol. The number of hydrogen-bond acceptors (Lipinski definition) is 3. The van der Waals surface area contributed by atoms with E-state index < -0.39 is 30.0 Å². The van der Waals surface area contributed by atoms with Crippen LogP contribution in [0.2, 0.25) is 0 Å². The number of benzene rings is 2. The molecule has 0 bridgehead atoms. The topological polar surface area (TPSA) is 47.4 Å². The third-order valence-electron chi connectivity index (χ3n) is 4.46. The van der Waals surface area contributed by atoms with Crippen LogP contribution < -0.4 is 4.74 Å². The molecule has 0 spiro atoms. The van der Waals surface area contributed by atoms with E-state index in [0.717, 1.165) is 16.7 Å². The van der Waals surface area contributed by atoms with Crippen molar-refractivity contribution >= 4 is 5.91 Å². The number of aryl methyl sites for hydroxylation is 1. The minimum atomic E-state index is -4.82. The van der Waals surface area contributed by atoms with Crippen LogP contribution in [-0.2, 0) is 12.7 Å². The van der Waals surface area contributed by atoms with E-state index in [1.165, 1.54) is 43.4 Å². The van der Waals surface area contributed by atoms with Gasteiger partial charge in [0.2, 0.25) is 0 Å². The first-order chi connectivity index (χ1) is 14.6. The van der Waals surface area contributed by atoms with Crippen LogP contribution in [-0.4, -0.2) is 34.2 Å². The van der Waals surface area contributed by atoms with Crippen LogP contribution in [0, 0.1) is 6.92 Å². The third kappa shape index (κ3) is 5.19. The summed E-state index contributed by atoms with van der Waals surface area (Å²) in [6, 6.07) is 11.7.